The molecule has 0 saturated carbocycles. The molecule has 0 radical (unpaired) electrons. The van der Waals surface area contributed by atoms with Gasteiger partial charge in [-0.3, -0.25) is 0 Å². The van der Waals surface area contributed by atoms with Crippen molar-refractivity contribution in [1.29, 1.82) is 0 Å². The van der Waals surface area contributed by atoms with Gasteiger partial charge in [0.05, 0.1) is 6.10 Å². The predicted octanol–water partition coefficient (Wildman–Crippen LogP) is 4.37. The van der Waals surface area contributed by atoms with Gasteiger partial charge in [-0.1, -0.05) is 45.3 Å². The van der Waals surface area contributed by atoms with Crippen molar-refractivity contribution in [3.05, 3.63) is 11.6 Å². The van der Waals surface area contributed by atoms with Crippen LogP contribution in [-0.2, 0) is 14.5 Å². The third kappa shape index (κ3) is 10.9. The minimum atomic E-state index is -0.529. The lowest BCUT2D eigenvalue weighted by atomic mass is 10.1. The van der Waals surface area contributed by atoms with Crippen molar-refractivity contribution in [3.63, 3.8) is 0 Å². The molecule has 0 heterocycles. The fraction of sp³-hybridized carbons (Fsp3) is 0.882. The summed E-state index contributed by atoms with van der Waals surface area (Å²) in [6.45, 7) is 10.9. The molecule has 21 heavy (non-hydrogen) atoms. The van der Waals surface area contributed by atoms with E-state index in [2.05, 4.69) is 19.9 Å². The van der Waals surface area contributed by atoms with Gasteiger partial charge in [0.25, 0.3) is 0 Å². The zero-order valence-corrected chi connectivity index (χ0v) is 14.4. The predicted molar refractivity (Wildman–Crippen MR) is 85.9 cm³/mol. The largest absolute Gasteiger partial charge is 0.390 e. The van der Waals surface area contributed by atoms with Gasteiger partial charge in [-0.2, -0.15) is 0 Å². The molecule has 0 aliphatic rings. The Kier molecular flexibility index (Phi) is 13.0. The van der Waals surface area contributed by atoms with Gasteiger partial charge in [-0.15, -0.1) is 0 Å². The number of unbranched alkanes of at least 4 members (excludes halogenated alkanes) is 1. The van der Waals surface area contributed by atoms with Gasteiger partial charge < -0.3 is 9.84 Å². The summed E-state index contributed by atoms with van der Waals surface area (Å²) in [5, 5.41) is 10.0. The highest BCUT2D eigenvalue weighted by Gasteiger charge is 2.21. The minimum Gasteiger partial charge on any atom is -0.390 e. The summed E-state index contributed by atoms with van der Waals surface area (Å²) in [6.07, 6.45) is 5.98. The van der Waals surface area contributed by atoms with Crippen LogP contribution in [0.2, 0.25) is 0 Å². The maximum Gasteiger partial charge on any atom is 0.191 e. The van der Waals surface area contributed by atoms with Gasteiger partial charge in [-0.25, -0.2) is 9.78 Å². The molecule has 0 aliphatic carbocycles. The minimum absolute atomic E-state index is 0.347. The van der Waals surface area contributed by atoms with Gasteiger partial charge in [0.1, 0.15) is 6.10 Å². The number of hydrogen-bond donors (Lipinski definition) is 1. The summed E-state index contributed by atoms with van der Waals surface area (Å²) < 4.78 is 5.67. The first-order valence-corrected chi connectivity index (χ1v) is 8.30. The van der Waals surface area contributed by atoms with Gasteiger partial charge in [0.15, 0.2) is 6.29 Å². The van der Waals surface area contributed by atoms with E-state index >= 15 is 0 Å². The van der Waals surface area contributed by atoms with Crippen LogP contribution >= 0.6 is 0 Å². The van der Waals surface area contributed by atoms with E-state index in [1.54, 1.807) is 0 Å². The lowest BCUT2D eigenvalue weighted by Gasteiger charge is -2.23. The second kappa shape index (κ2) is 13.3. The van der Waals surface area contributed by atoms with Crippen molar-refractivity contribution in [2.45, 2.75) is 91.6 Å². The summed E-state index contributed by atoms with van der Waals surface area (Å²) in [5.41, 5.74) is 1.20. The van der Waals surface area contributed by atoms with Crippen molar-refractivity contribution >= 4 is 0 Å². The Hall–Kier alpha value is -0.420. The van der Waals surface area contributed by atoms with Gasteiger partial charge in [0, 0.05) is 13.0 Å². The topological polar surface area (TPSA) is 47.9 Å². The second-order valence-corrected chi connectivity index (χ2v) is 5.67. The Labute approximate surface area is 130 Å². The number of rotatable bonds is 13. The summed E-state index contributed by atoms with van der Waals surface area (Å²) in [7, 11) is 0. The molecule has 0 aliphatic heterocycles. The SMILES string of the molecule is CCCCOC(CCC)OOC(CC=C(C)C)C(O)CC. The highest BCUT2D eigenvalue weighted by Crippen LogP contribution is 2.14. The molecular weight excluding hydrogens is 268 g/mol. The first-order chi connectivity index (χ1) is 10.0. The van der Waals surface area contributed by atoms with E-state index in [9.17, 15) is 5.11 Å². The maximum absolute atomic E-state index is 10.0. The molecule has 0 rings (SSSR count). The molecule has 3 unspecified atom stereocenters. The average molecular weight is 302 g/mol. The van der Waals surface area contributed by atoms with Crippen LogP contribution in [0.25, 0.3) is 0 Å². The Morgan fingerprint density at radius 1 is 1.10 bits per heavy atom. The Bertz CT molecular complexity index is 262. The third-order valence-electron chi connectivity index (χ3n) is 3.22. The van der Waals surface area contributed by atoms with Gasteiger partial charge in [-0.05, 0) is 33.1 Å². The Morgan fingerprint density at radius 3 is 2.33 bits per heavy atom. The first-order valence-electron chi connectivity index (χ1n) is 8.30. The molecule has 0 aromatic rings. The fourth-order valence-electron chi connectivity index (χ4n) is 1.76. The van der Waals surface area contributed by atoms with E-state index < -0.39 is 6.10 Å². The van der Waals surface area contributed by atoms with Gasteiger partial charge in [0.2, 0.25) is 0 Å². The van der Waals surface area contributed by atoms with E-state index in [-0.39, 0.29) is 12.4 Å². The van der Waals surface area contributed by atoms with E-state index in [0.29, 0.717) is 19.4 Å². The molecule has 0 aromatic carbocycles. The lowest BCUT2D eigenvalue weighted by Crippen LogP contribution is -2.31. The molecule has 0 aromatic heterocycles. The van der Waals surface area contributed by atoms with Crippen LogP contribution in [0.15, 0.2) is 11.6 Å². The average Bonchev–Trinajstić information content (AvgIpc) is 2.46. The summed E-state index contributed by atoms with van der Waals surface area (Å²) in [4.78, 5) is 10.9. The zero-order chi connectivity index (χ0) is 16.1. The molecule has 4 nitrogen and oxygen atoms in total. The highest BCUT2D eigenvalue weighted by atomic mass is 17.2. The smallest absolute Gasteiger partial charge is 0.191 e. The number of allylic oxidation sites excluding steroid dienone is 1. The van der Waals surface area contributed by atoms with Crippen LogP contribution in [-0.4, -0.2) is 30.2 Å². The van der Waals surface area contributed by atoms with Crippen molar-refractivity contribution in [2.75, 3.05) is 6.61 Å². The monoisotopic (exact) mass is 302 g/mol. The molecular formula is C17H34O4. The van der Waals surface area contributed by atoms with Crippen molar-refractivity contribution in [3.8, 4) is 0 Å². The number of hydrogen-bond acceptors (Lipinski definition) is 4. The number of aliphatic hydroxyl groups excluding tert-OH is 1. The van der Waals surface area contributed by atoms with E-state index in [0.717, 1.165) is 25.7 Å². The van der Waals surface area contributed by atoms with Crippen molar-refractivity contribution in [1.82, 2.24) is 0 Å². The zero-order valence-electron chi connectivity index (χ0n) is 14.4. The molecule has 0 bridgehead atoms. The van der Waals surface area contributed by atoms with Gasteiger partial charge >= 0.3 is 0 Å². The Morgan fingerprint density at radius 2 is 1.81 bits per heavy atom. The molecule has 0 amide bonds. The Balaban J connectivity index is 4.34. The standard InChI is InChI=1S/C17H34O4/c1-6-9-13-19-17(10-7-2)21-20-16(15(18)8-3)12-11-14(4)5/h11,15-18H,6-10,12-13H2,1-5H3. The molecule has 126 valence electrons. The van der Waals surface area contributed by atoms with Crippen LogP contribution in [0.3, 0.4) is 0 Å². The van der Waals surface area contributed by atoms with Crippen LogP contribution < -0.4 is 0 Å². The fourth-order valence-corrected chi connectivity index (χ4v) is 1.76. The van der Waals surface area contributed by atoms with E-state index in [1.165, 1.54) is 5.57 Å². The van der Waals surface area contributed by atoms with Crippen LogP contribution in [0.5, 0.6) is 0 Å². The van der Waals surface area contributed by atoms with Crippen LogP contribution in [0, 0.1) is 0 Å². The lowest BCUT2D eigenvalue weighted by molar-refractivity contribution is -0.407. The maximum atomic E-state index is 10.0. The third-order valence-corrected chi connectivity index (χ3v) is 3.22. The summed E-state index contributed by atoms with van der Waals surface area (Å²) >= 11 is 0. The number of aliphatic hydroxyl groups is 1. The molecule has 1 N–H and O–H groups in total. The number of ether oxygens (including phenoxy) is 1. The summed E-state index contributed by atoms with van der Waals surface area (Å²) in [5.74, 6) is 0. The van der Waals surface area contributed by atoms with Crippen LogP contribution in [0.4, 0.5) is 0 Å². The molecule has 0 saturated heterocycles. The molecule has 0 fully saturated rings. The highest BCUT2D eigenvalue weighted by molar-refractivity contribution is 4.95. The van der Waals surface area contributed by atoms with E-state index in [4.69, 9.17) is 14.5 Å². The van der Waals surface area contributed by atoms with Crippen molar-refractivity contribution < 1.29 is 19.6 Å². The quantitative estimate of drug-likeness (QED) is 0.180. The normalized spacial score (nSPS) is 15.5. The van der Waals surface area contributed by atoms with Crippen LogP contribution in [0.1, 0.15) is 73.1 Å². The summed E-state index contributed by atoms with van der Waals surface area (Å²) in [6, 6.07) is 0. The molecule has 4 heteroatoms. The molecule has 3 atom stereocenters. The van der Waals surface area contributed by atoms with E-state index in [1.807, 2.05) is 20.8 Å². The molecule has 0 spiro atoms. The first kappa shape index (κ1) is 20.6. The second-order valence-electron chi connectivity index (χ2n) is 5.67. The van der Waals surface area contributed by atoms with Crippen molar-refractivity contribution in [2.24, 2.45) is 0 Å².